The van der Waals surface area contributed by atoms with Crippen LogP contribution < -0.4 is 15.8 Å². The van der Waals surface area contributed by atoms with Gasteiger partial charge in [-0.1, -0.05) is 31.2 Å². The van der Waals surface area contributed by atoms with Crippen LogP contribution in [0.4, 0.5) is 5.69 Å². The molecule has 0 aliphatic heterocycles. The van der Waals surface area contributed by atoms with Gasteiger partial charge in [0.2, 0.25) is 0 Å². The summed E-state index contributed by atoms with van der Waals surface area (Å²) in [6.07, 6.45) is 0.256. The van der Waals surface area contributed by atoms with Crippen LogP contribution >= 0.6 is 0 Å². The van der Waals surface area contributed by atoms with Gasteiger partial charge in [0.05, 0.1) is 19.8 Å². The zero-order valence-corrected chi connectivity index (χ0v) is 13.5. The van der Waals surface area contributed by atoms with E-state index in [1.54, 1.807) is 19.2 Å². The van der Waals surface area contributed by atoms with Gasteiger partial charge in [0.25, 0.3) is 0 Å². The molecule has 0 radical (unpaired) electrons. The number of aliphatic hydroxyl groups is 1. The molecule has 0 saturated heterocycles. The lowest BCUT2D eigenvalue weighted by atomic mass is 10.1. The Morgan fingerprint density at radius 1 is 1.26 bits per heavy atom. The summed E-state index contributed by atoms with van der Waals surface area (Å²) in [5.41, 5.74) is 8.77. The molecule has 2 aromatic carbocycles. The van der Waals surface area contributed by atoms with Crippen LogP contribution in [0, 0.1) is 0 Å². The smallest absolute Gasteiger partial charge is 0.193 e. The second-order valence-corrected chi connectivity index (χ2v) is 5.19. The molecule has 122 valence electrons. The Hall–Kier alpha value is -2.53. The number of hydrogen-bond donors (Lipinski definition) is 3. The third kappa shape index (κ3) is 5.00. The second kappa shape index (κ2) is 8.19. The predicted octanol–water partition coefficient (Wildman–Crippen LogP) is 2.72. The molecule has 1 atom stereocenters. The molecule has 2 rings (SSSR count). The molecule has 5 nitrogen and oxygen atoms in total. The van der Waals surface area contributed by atoms with Crippen LogP contribution in [0.15, 0.2) is 53.5 Å². The maximum Gasteiger partial charge on any atom is 0.193 e. The molecular formula is C18H23N3O2. The summed E-state index contributed by atoms with van der Waals surface area (Å²) >= 11 is 0. The molecule has 0 amide bonds. The number of rotatable bonds is 6. The fourth-order valence-electron chi connectivity index (χ4n) is 2.17. The van der Waals surface area contributed by atoms with Crippen LogP contribution in [0.2, 0.25) is 0 Å². The largest absolute Gasteiger partial charge is 0.497 e. The van der Waals surface area contributed by atoms with Gasteiger partial charge in [-0.05, 0) is 41.8 Å². The van der Waals surface area contributed by atoms with Crippen molar-refractivity contribution in [2.45, 2.75) is 19.4 Å². The summed E-state index contributed by atoms with van der Waals surface area (Å²) in [4.78, 5) is 4.20. The minimum atomic E-state index is -0.705. The Kier molecular flexibility index (Phi) is 6.00. The lowest BCUT2D eigenvalue weighted by molar-refractivity contribution is 0.187. The molecule has 23 heavy (non-hydrogen) atoms. The molecule has 0 aliphatic rings. The van der Waals surface area contributed by atoms with E-state index in [1.165, 1.54) is 5.56 Å². The predicted molar refractivity (Wildman–Crippen MR) is 93.9 cm³/mol. The molecule has 0 saturated carbocycles. The first-order chi connectivity index (χ1) is 11.1. The number of hydrogen-bond acceptors (Lipinski definition) is 3. The molecule has 0 heterocycles. The van der Waals surface area contributed by atoms with E-state index in [0.29, 0.717) is 0 Å². The van der Waals surface area contributed by atoms with Crippen LogP contribution in [0.5, 0.6) is 5.75 Å². The number of guanidine groups is 1. The first-order valence-corrected chi connectivity index (χ1v) is 7.60. The normalized spacial score (nSPS) is 12.7. The van der Waals surface area contributed by atoms with E-state index in [4.69, 9.17) is 10.5 Å². The first-order valence-electron chi connectivity index (χ1n) is 7.60. The standard InChI is InChI=1S/C18H23N3O2/c1-3-13-5-4-6-15(11-13)21-18(19)20-12-17(22)14-7-9-16(23-2)10-8-14/h4-11,17,22H,3,12H2,1-2H3,(H3,19,20,21). The SMILES string of the molecule is CCc1cccc(NC(N)=NCC(O)c2ccc(OC)cc2)c1. The zero-order valence-electron chi connectivity index (χ0n) is 13.5. The van der Waals surface area contributed by atoms with Crippen LogP contribution in [-0.2, 0) is 6.42 Å². The molecule has 2 aromatic rings. The van der Waals surface area contributed by atoms with Crippen molar-refractivity contribution in [3.63, 3.8) is 0 Å². The number of benzene rings is 2. The van der Waals surface area contributed by atoms with Gasteiger partial charge >= 0.3 is 0 Å². The summed E-state index contributed by atoms with van der Waals surface area (Å²) in [6.45, 7) is 2.29. The maximum atomic E-state index is 10.2. The summed E-state index contributed by atoms with van der Waals surface area (Å²) < 4.78 is 5.09. The van der Waals surface area contributed by atoms with Crippen LogP contribution in [-0.4, -0.2) is 24.7 Å². The van der Waals surface area contributed by atoms with E-state index < -0.39 is 6.10 Å². The second-order valence-electron chi connectivity index (χ2n) is 5.19. The van der Waals surface area contributed by atoms with Crippen molar-refractivity contribution in [2.75, 3.05) is 19.0 Å². The Morgan fingerprint density at radius 2 is 2.00 bits per heavy atom. The highest BCUT2D eigenvalue weighted by Crippen LogP contribution is 2.18. The minimum Gasteiger partial charge on any atom is -0.497 e. The summed E-state index contributed by atoms with van der Waals surface area (Å²) in [5, 5.41) is 13.2. The minimum absolute atomic E-state index is 0.193. The van der Waals surface area contributed by atoms with Gasteiger partial charge in [0.15, 0.2) is 5.96 Å². The van der Waals surface area contributed by atoms with Gasteiger partial charge < -0.3 is 20.9 Å². The molecule has 0 fully saturated rings. The average molecular weight is 313 g/mol. The van der Waals surface area contributed by atoms with E-state index in [2.05, 4.69) is 23.3 Å². The number of nitrogens with zero attached hydrogens (tertiary/aromatic N) is 1. The van der Waals surface area contributed by atoms with Crippen molar-refractivity contribution in [3.05, 3.63) is 59.7 Å². The third-order valence-corrected chi connectivity index (χ3v) is 3.54. The highest BCUT2D eigenvalue weighted by molar-refractivity contribution is 5.92. The summed E-state index contributed by atoms with van der Waals surface area (Å²) in [5.74, 6) is 1.03. The Labute approximate surface area is 136 Å². The van der Waals surface area contributed by atoms with Crippen molar-refractivity contribution >= 4 is 11.6 Å². The van der Waals surface area contributed by atoms with Gasteiger partial charge in [-0.3, -0.25) is 4.99 Å². The summed E-state index contributed by atoms with van der Waals surface area (Å²) in [6, 6.07) is 15.2. The fourth-order valence-corrected chi connectivity index (χ4v) is 2.17. The monoisotopic (exact) mass is 313 g/mol. The lowest BCUT2D eigenvalue weighted by Gasteiger charge is -2.11. The third-order valence-electron chi connectivity index (χ3n) is 3.54. The lowest BCUT2D eigenvalue weighted by Crippen LogP contribution is -2.23. The number of anilines is 1. The number of methoxy groups -OCH3 is 1. The Balaban J connectivity index is 1.94. The van der Waals surface area contributed by atoms with E-state index in [0.717, 1.165) is 23.4 Å². The highest BCUT2D eigenvalue weighted by Gasteiger charge is 2.07. The van der Waals surface area contributed by atoms with E-state index >= 15 is 0 Å². The van der Waals surface area contributed by atoms with Crippen molar-refractivity contribution < 1.29 is 9.84 Å². The quantitative estimate of drug-likeness (QED) is 0.566. The highest BCUT2D eigenvalue weighted by atomic mass is 16.5. The molecule has 0 bridgehead atoms. The van der Waals surface area contributed by atoms with Crippen molar-refractivity contribution in [1.29, 1.82) is 0 Å². The van der Waals surface area contributed by atoms with Gasteiger partial charge in [-0.25, -0.2) is 0 Å². The number of aliphatic hydroxyl groups excluding tert-OH is 1. The van der Waals surface area contributed by atoms with Crippen molar-refractivity contribution in [3.8, 4) is 5.75 Å². The van der Waals surface area contributed by atoms with E-state index in [9.17, 15) is 5.11 Å². The topological polar surface area (TPSA) is 79.9 Å². The van der Waals surface area contributed by atoms with Crippen LogP contribution in [0.3, 0.4) is 0 Å². The van der Waals surface area contributed by atoms with Crippen LogP contribution in [0.1, 0.15) is 24.2 Å². The van der Waals surface area contributed by atoms with E-state index in [1.807, 2.05) is 30.3 Å². The molecular weight excluding hydrogens is 290 g/mol. The number of aliphatic imine (C=N–C) groups is 1. The maximum absolute atomic E-state index is 10.2. The summed E-state index contributed by atoms with van der Waals surface area (Å²) in [7, 11) is 1.61. The molecule has 0 spiro atoms. The number of ether oxygens (including phenoxy) is 1. The van der Waals surface area contributed by atoms with E-state index in [-0.39, 0.29) is 12.5 Å². The van der Waals surface area contributed by atoms with Gasteiger partial charge in [-0.15, -0.1) is 0 Å². The molecule has 0 aliphatic carbocycles. The van der Waals surface area contributed by atoms with Gasteiger partial charge in [0, 0.05) is 5.69 Å². The number of aryl methyl sites for hydroxylation is 1. The van der Waals surface area contributed by atoms with Crippen molar-refractivity contribution in [2.24, 2.45) is 10.7 Å². The van der Waals surface area contributed by atoms with Crippen molar-refractivity contribution in [1.82, 2.24) is 0 Å². The molecule has 4 N–H and O–H groups in total. The average Bonchev–Trinajstić information content (AvgIpc) is 2.60. The zero-order chi connectivity index (χ0) is 16.7. The number of nitrogens with one attached hydrogen (secondary N) is 1. The molecule has 1 unspecified atom stereocenters. The molecule has 5 heteroatoms. The first kappa shape index (κ1) is 16.8. The Morgan fingerprint density at radius 3 is 2.65 bits per heavy atom. The van der Waals surface area contributed by atoms with Gasteiger partial charge in [-0.2, -0.15) is 0 Å². The number of nitrogens with two attached hydrogens (primary N) is 1. The molecule has 0 aromatic heterocycles. The van der Waals surface area contributed by atoms with Gasteiger partial charge in [0.1, 0.15) is 5.75 Å². The fraction of sp³-hybridized carbons (Fsp3) is 0.278. The Bertz CT molecular complexity index is 654. The van der Waals surface area contributed by atoms with Crippen LogP contribution in [0.25, 0.3) is 0 Å².